The van der Waals surface area contributed by atoms with E-state index in [-0.39, 0.29) is 11.3 Å². The maximum absolute atomic E-state index is 13.4. The van der Waals surface area contributed by atoms with Crippen LogP contribution in [0.15, 0.2) is 42.5 Å². The Morgan fingerprint density at radius 2 is 1.91 bits per heavy atom. The second kappa shape index (κ2) is 5.59. The third-order valence-corrected chi connectivity index (χ3v) is 4.15. The van der Waals surface area contributed by atoms with Gasteiger partial charge in [-0.2, -0.15) is 0 Å². The topological polar surface area (TPSA) is 66.4 Å². The molecular formula is C18H16FNO3. The predicted molar refractivity (Wildman–Crippen MR) is 83.7 cm³/mol. The number of aryl methyl sites for hydroxylation is 1. The van der Waals surface area contributed by atoms with E-state index in [0.717, 1.165) is 18.1 Å². The van der Waals surface area contributed by atoms with Crippen molar-refractivity contribution in [2.75, 3.05) is 5.32 Å². The Morgan fingerprint density at radius 3 is 2.57 bits per heavy atom. The fourth-order valence-corrected chi connectivity index (χ4v) is 2.75. The minimum atomic E-state index is -2.04. The van der Waals surface area contributed by atoms with Gasteiger partial charge in [-0.25, -0.2) is 4.39 Å². The number of fused-ring (bicyclic) bond motifs is 1. The van der Waals surface area contributed by atoms with Crippen molar-refractivity contribution in [1.29, 1.82) is 0 Å². The molecule has 118 valence electrons. The summed E-state index contributed by atoms with van der Waals surface area (Å²) in [6.45, 7) is 2.01. The van der Waals surface area contributed by atoms with Crippen LogP contribution in [0.1, 0.15) is 34.8 Å². The average Bonchev–Trinajstić information content (AvgIpc) is 2.79. The van der Waals surface area contributed by atoms with Crippen molar-refractivity contribution in [1.82, 2.24) is 0 Å². The van der Waals surface area contributed by atoms with Gasteiger partial charge < -0.3 is 10.4 Å². The molecule has 1 heterocycles. The van der Waals surface area contributed by atoms with E-state index in [1.807, 2.05) is 19.1 Å². The molecule has 2 aromatic carbocycles. The van der Waals surface area contributed by atoms with Gasteiger partial charge in [0.25, 0.3) is 5.91 Å². The molecule has 1 aliphatic heterocycles. The van der Waals surface area contributed by atoms with Gasteiger partial charge in [0, 0.05) is 16.8 Å². The molecule has 5 heteroatoms. The second-order valence-electron chi connectivity index (χ2n) is 5.65. The van der Waals surface area contributed by atoms with Crippen LogP contribution in [0.2, 0.25) is 0 Å². The second-order valence-corrected chi connectivity index (χ2v) is 5.65. The lowest BCUT2D eigenvalue weighted by Crippen LogP contribution is -2.36. The van der Waals surface area contributed by atoms with Crippen LogP contribution in [0.4, 0.5) is 10.1 Å². The van der Waals surface area contributed by atoms with Crippen LogP contribution in [-0.4, -0.2) is 16.8 Å². The van der Waals surface area contributed by atoms with Gasteiger partial charge in [0.15, 0.2) is 11.4 Å². The number of halogens is 1. The van der Waals surface area contributed by atoms with Gasteiger partial charge in [0.2, 0.25) is 0 Å². The lowest BCUT2D eigenvalue weighted by Gasteiger charge is -2.20. The molecule has 0 saturated carbocycles. The maximum atomic E-state index is 13.4. The van der Waals surface area contributed by atoms with E-state index in [1.165, 1.54) is 12.1 Å². The Balaban J connectivity index is 1.90. The van der Waals surface area contributed by atoms with Gasteiger partial charge in [-0.15, -0.1) is 0 Å². The summed E-state index contributed by atoms with van der Waals surface area (Å²) in [5.41, 5.74) is -0.119. The van der Waals surface area contributed by atoms with Gasteiger partial charge >= 0.3 is 0 Å². The number of hydrogen-bond acceptors (Lipinski definition) is 3. The number of hydrogen-bond donors (Lipinski definition) is 2. The zero-order valence-electron chi connectivity index (χ0n) is 12.6. The highest BCUT2D eigenvalue weighted by Gasteiger charge is 2.47. The lowest BCUT2D eigenvalue weighted by atomic mass is 9.88. The number of Topliss-reactive ketones (excluding diaryl/α,β-unsaturated/α-hetero) is 1. The first kappa shape index (κ1) is 15.4. The van der Waals surface area contributed by atoms with Crippen LogP contribution < -0.4 is 5.32 Å². The number of benzene rings is 2. The maximum Gasteiger partial charge on any atom is 0.261 e. The summed E-state index contributed by atoms with van der Waals surface area (Å²) in [5.74, 6) is -1.66. The molecule has 2 N–H and O–H groups in total. The van der Waals surface area contributed by atoms with Crippen LogP contribution in [0.25, 0.3) is 0 Å². The third kappa shape index (κ3) is 2.64. The normalized spacial score (nSPS) is 19.3. The number of carbonyl (C=O) groups is 2. The van der Waals surface area contributed by atoms with Crippen LogP contribution in [0, 0.1) is 5.82 Å². The van der Waals surface area contributed by atoms with Crippen molar-refractivity contribution in [2.24, 2.45) is 0 Å². The molecule has 0 radical (unpaired) electrons. The number of aliphatic hydroxyl groups is 1. The number of anilines is 1. The summed E-state index contributed by atoms with van der Waals surface area (Å²) in [7, 11) is 0. The van der Waals surface area contributed by atoms with E-state index in [0.29, 0.717) is 11.3 Å². The Bertz CT molecular complexity index is 785. The predicted octanol–water partition coefficient (Wildman–Crippen LogP) is 2.80. The molecule has 0 fully saturated rings. The van der Waals surface area contributed by atoms with Gasteiger partial charge in [-0.1, -0.05) is 31.2 Å². The molecule has 1 aliphatic rings. The molecule has 0 bridgehead atoms. The highest BCUT2D eigenvalue weighted by molar-refractivity contribution is 6.09. The Kier molecular flexibility index (Phi) is 3.74. The molecule has 0 aliphatic carbocycles. The standard InChI is InChI=1S/C18H16FNO3/c1-2-11-3-5-12(6-4-11)16(21)10-18(23)14-9-13(19)7-8-15(14)20-17(18)22/h3-9,23H,2,10H2,1H3,(H,20,22). The quantitative estimate of drug-likeness (QED) is 0.853. The van der Waals surface area contributed by atoms with Gasteiger partial charge in [-0.05, 0) is 30.2 Å². The van der Waals surface area contributed by atoms with Crippen LogP contribution >= 0.6 is 0 Å². The highest BCUT2D eigenvalue weighted by atomic mass is 19.1. The van der Waals surface area contributed by atoms with E-state index >= 15 is 0 Å². The summed E-state index contributed by atoms with van der Waals surface area (Å²) >= 11 is 0. The summed E-state index contributed by atoms with van der Waals surface area (Å²) < 4.78 is 13.4. The Morgan fingerprint density at radius 1 is 1.22 bits per heavy atom. The zero-order valence-corrected chi connectivity index (χ0v) is 12.6. The van der Waals surface area contributed by atoms with Crippen molar-refractivity contribution >= 4 is 17.4 Å². The number of carbonyl (C=O) groups excluding carboxylic acids is 2. The molecule has 3 rings (SSSR count). The monoisotopic (exact) mass is 313 g/mol. The molecule has 1 unspecified atom stereocenters. The number of rotatable bonds is 4. The fourth-order valence-electron chi connectivity index (χ4n) is 2.75. The van der Waals surface area contributed by atoms with E-state index < -0.39 is 23.7 Å². The molecule has 4 nitrogen and oxygen atoms in total. The Hall–Kier alpha value is -2.53. The smallest absolute Gasteiger partial charge is 0.261 e. The van der Waals surface area contributed by atoms with Crippen LogP contribution in [0.5, 0.6) is 0 Å². The Labute approximate surface area is 133 Å². The lowest BCUT2D eigenvalue weighted by molar-refractivity contribution is -0.133. The molecular weight excluding hydrogens is 297 g/mol. The highest BCUT2D eigenvalue weighted by Crippen LogP contribution is 2.39. The summed E-state index contributed by atoms with van der Waals surface area (Å²) in [6, 6.07) is 10.7. The summed E-state index contributed by atoms with van der Waals surface area (Å²) in [6.07, 6.45) is 0.425. The van der Waals surface area contributed by atoms with E-state index in [2.05, 4.69) is 5.32 Å². The molecule has 23 heavy (non-hydrogen) atoms. The number of amides is 1. The van der Waals surface area contributed by atoms with Crippen LogP contribution in [-0.2, 0) is 16.8 Å². The number of nitrogens with one attached hydrogen (secondary N) is 1. The van der Waals surface area contributed by atoms with E-state index in [1.54, 1.807) is 12.1 Å². The first-order chi connectivity index (χ1) is 10.9. The minimum Gasteiger partial charge on any atom is -0.375 e. The van der Waals surface area contributed by atoms with E-state index in [4.69, 9.17) is 0 Å². The van der Waals surface area contributed by atoms with Crippen LogP contribution in [0.3, 0.4) is 0 Å². The van der Waals surface area contributed by atoms with Crippen molar-refractivity contribution < 1.29 is 19.1 Å². The first-order valence-corrected chi connectivity index (χ1v) is 7.40. The summed E-state index contributed by atoms with van der Waals surface area (Å²) in [4.78, 5) is 24.5. The van der Waals surface area contributed by atoms with Gasteiger partial charge in [-0.3, -0.25) is 9.59 Å². The molecule has 1 atom stereocenters. The third-order valence-electron chi connectivity index (χ3n) is 4.15. The van der Waals surface area contributed by atoms with Gasteiger partial charge in [0.05, 0.1) is 6.42 Å². The van der Waals surface area contributed by atoms with Gasteiger partial charge in [0.1, 0.15) is 5.82 Å². The van der Waals surface area contributed by atoms with Crippen molar-refractivity contribution in [3.8, 4) is 0 Å². The largest absolute Gasteiger partial charge is 0.375 e. The average molecular weight is 313 g/mol. The van der Waals surface area contributed by atoms with E-state index in [9.17, 15) is 19.1 Å². The molecule has 2 aromatic rings. The number of ketones is 1. The fraction of sp³-hybridized carbons (Fsp3) is 0.222. The minimum absolute atomic E-state index is 0.0982. The molecule has 0 aromatic heterocycles. The molecule has 0 saturated heterocycles. The van der Waals surface area contributed by atoms with Crippen molar-refractivity contribution in [3.63, 3.8) is 0 Å². The first-order valence-electron chi connectivity index (χ1n) is 7.40. The molecule has 1 amide bonds. The summed E-state index contributed by atoms with van der Waals surface area (Å²) in [5, 5.41) is 13.2. The van der Waals surface area contributed by atoms with Crippen molar-refractivity contribution in [3.05, 3.63) is 65.0 Å². The SMILES string of the molecule is CCc1ccc(C(=O)CC2(O)C(=O)Nc3ccc(F)cc32)cc1. The zero-order chi connectivity index (χ0) is 16.6. The van der Waals surface area contributed by atoms with Crippen molar-refractivity contribution in [2.45, 2.75) is 25.4 Å². The molecule has 0 spiro atoms.